The molecule has 2 heterocycles. The maximum absolute atomic E-state index is 12.9. The standard InChI is InChI=1S/C17H24F3N7/c1-9(11-3-4-11)17(21)24-14(22-10(2)12-5-6-12)23-15(25-17)27-8-7-13(26-27)16(18,19)20/h7-12H,3-6,21H2,1-2H3,(H2,22,23,24,25)/t9-,10-,17?/m1/s1. The van der Waals surface area contributed by atoms with Crippen molar-refractivity contribution in [3.05, 3.63) is 18.0 Å². The van der Waals surface area contributed by atoms with Crippen LogP contribution in [0.5, 0.6) is 0 Å². The molecule has 0 aromatic carbocycles. The van der Waals surface area contributed by atoms with Crippen molar-refractivity contribution < 1.29 is 13.2 Å². The summed E-state index contributed by atoms with van der Waals surface area (Å²) in [6, 6.07) is 1.02. The van der Waals surface area contributed by atoms with Gasteiger partial charge in [-0.05, 0) is 50.5 Å². The number of hydrogen-bond donors (Lipinski definition) is 3. The van der Waals surface area contributed by atoms with E-state index in [1.165, 1.54) is 6.20 Å². The van der Waals surface area contributed by atoms with Gasteiger partial charge in [-0.25, -0.2) is 14.7 Å². The SMILES string of the molecule is C[C@H](C1CC1)C1(N)N=C(n2ccc(C(F)(F)F)n2)NC(=N[C@H](C)C2CC2)N1. The molecular weight excluding hydrogens is 359 g/mol. The topological polar surface area (TPSA) is 92.6 Å². The van der Waals surface area contributed by atoms with Gasteiger partial charge in [-0.15, -0.1) is 0 Å². The highest BCUT2D eigenvalue weighted by Gasteiger charge is 2.45. The number of nitrogens with two attached hydrogens (primary N) is 1. The van der Waals surface area contributed by atoms with Gasteiger partial charge in [0.2, 0.25) is 11.9 Å². The first-order valence-corrected chi connectivity index (χ1v) is 9.31. The Morgan fingerprint density at radius 1 is 1.26 bits per heavy atom. The lowest BCUT2D eigenvalue weighted by molar-refractivity contribution is -0.141. The summed E-state index contributed by atoms with van der Waals surface area (Å²) < 4.78 is 39.8. The highest BCUT2D eigenvalue weighted by atomic mass is 19.4. The molecule has 27 heavy (non-hydrogen) atoms. The molecular formula is C17H24F3N7. The van der Waals surface area contributed by atoms with Crippen LogP contribution in [0.2, 0.25) is 0 Å². The fourth-order valence-electron chi connectivity index (χ4n) is 3.38. The summed E-state index contributed by atoms with van der Waals surface area (Å²) in [6.45, 7) is 4.03. The van der Waals surface area contributed by atoms with E-state index >= 15 is 0 Å². The fraction of sp³-hybridized carbons (Fsp3) is 0.706. The zero-order valence-electron chi connectivity index (χ0n) is 15.3. The number of halogens is 3. The Kier molecular flexibility index (Phi) is 4.21. The molecule has 2 fully saturated rings. The number of nitrogens with one attached hydrogen (secondary N) is 2. The quantitative estimate of drug-likeness (QED) is 0.743. The van der Waals surface area contributed by atoms with E-state index in [0.29, 0.717) is 17.8 Å². The zero-order chi connectivity index (χ0) is 19.4. The predicted octanol–water partition coefficient (Wildman–Crippen LogP) is 2.11. The molecule has 0 amide bonds. The predicted molar refractivity (Wildman–Crippen MR) is 94.8 cm³/mol. The third-order valence-corrected chi connectivity index (χ3v) is 5.60. The van der Waals surface area contributed by atoms with E-state index < -0.39 is 17.7 Å². The second kappa shape index (κ2) is 6.22. The molecule has 3 atom stereocenters. The van der Waals surface area contributed by atoms with Crippen LogP contribution in [0.3, 0.4) is 0 Å². The molecule has 1 aromatic rings. The molecule has 7 nitrogen and oxygen atoms in total. The maximum Gasteiger partial charge on any atom is 0.435 e. The van der Waals surface area contributed by atoms with Crippen molar-refractivity contribution in [1.82, 2.24) is 20.4 Å². The molecule has 0 saturated heterocycles. The second-order valence-corrected chi connectivity index (χ2v) is 7.84. The highest BCUT2D eigenvalue weighted by molar-refractivity contribution is 6.01. The summed E-state index contributed by atoms with van der Waals surface area (Å²) in [7, 11) is 0. The molecule has 1 unspecified atom stereocenters. The summed E-state index contributed by atoms with van der Waals surface area (Å²) in [6.07, 6.45) is 1.13. The average molecular weight is 383 g/mol. The molecule has 4 N–H and O–H groups in total. The van der Waals surface area contributed by atoms with Crippen LogP contribution in [0.15, 0.2) is 22.2 Å². The number of aliphatic imine (C=N–C) groups is 2. The number of alkyl halides is 3. The molecule has 10 heteroatoms. The Labute approximate surface area is 155 Å². The van der Waals surface area contributed by atoms with Crippen LogP contribution in [0.4, 0.5) is 13.2 Å². The third kappa shape index (κ3) is 3.80. The van der Waals surface area contributed by atoms with Crippen molar-refractivity contribution in [2.24, 2.45) is 33.5 Å². The normalized spacial score (nSPS) is 29.7. The van der Waals surface area contributed by atoms with Crippen LogP contribution < -0.4 is 16.4 Å². The van der Waals surface area contributed by atoms with Gasteiger partial charge in [-0.3, -0.25) is 11.1 Å². The van der Waals surface area contributed by atoms with E-state index in [0.717, 1.165) is 36.4 Å². The maximum atomic E-state index is 12.9. The number of hydrogen-bond acceptors (Lipinski definition) is 4. The van der Waals surface area contributed by atoms with Gasteiger partial charge in [0, 0.05) is 12.1 Å². The molecule has 4 rings (SSSR count). The van der Waals surface area contributed by atoms with Crippen molar-refractivity contribution in [1.29, 1.82) is 0 Å². The van der Waals surface area contributed by atoms with Crippen molar-refractivity contribution >= 4 is 11.9 Å². The van der Waals surface area contributed by atoms with Crippen LogP contribution in [0, 0.1) is 17.8 Å². The largest absolute Gasteiger partial charge is 0.435 e. The minimum atomic E-state index is -4.52. The second-order valence-electron chi connectivity index (χ2n) is 7.84. The van der Waals surface area contributed by atoms with Gasteiger partial charge in [-0.2, -0.15) is 18.3 Å². The van der Waals surface area contributed by atoms with E-state index in [2.05, 4.69) is 25.7 Å². The average Bonchev–Trinajstić information content (AvgIpc) is 3.50. The van der Waals surface area contributed by atoms with Crippen molar-refractivity contribution in [2.75, 3.05) is 0 Å². The highest BCUT2D eigenvalue weighted by Crippen LogP contribution is 2.41. The Bertz CT molecular complexity index is 776. The first-order valence-electron chi connectivity index (χ1n) is 9.31. The van der Waals surface area contributed by atoms with Crippen molar-refractivity contribution in [3.8, 4) is 0 Å². The zero-order valence-corrected chi connectivity index (χ0v) is 15.3. The van der Waals surface area contributed by atoms with Crippen molar-refractivity contribution in [2.45, 2.75) is 57.5 Å². The summed E-state index contributed by atoms with van der Waals surface area (Å²) in [4.78, 5) is 9.14. The molecule has 3 aliphatic rings. The summed E-state index contributed by atoms with van der Waals surface area (Å²) in [5, 5.41) is 9.74. The molecule has 2 saturated carbocycles. The van der Waals surface area contributed by atoms with E-state index in [1.54, 1.807) is 0 Å². The first kappa shape index (κ1) is 18.3. The summed E-state index contributed by atoms with van der Waals surface area (Å²) in [5.74, 6) is 0.413. The smallest absolute Gasteiger partial charge is 0.319 e. The summed E-state index contributed by atoms with van der Waals surface area (Å²) >= 11 is 0. The number of rotatable bonds is 4. The Hall–Kier alpha value is -2.10. The van der Waals surface area contributed by atoms with Crippen LogP contribution in [0.1, 0.15) is 45.2 Å². The van der Waals surface area contributed by atoms with Gasteiger partial charge in [0.1, 0.15) is 0 Å². The fourth-order valence-corrected chi connectivity index (χ4v) is 3.38. The van der Waals surface area contributed by atoms with Crippen molar-refractivity contribution in [3.63, 3.8) is 0 Å². The van der Waals surface area contributed by atoms with E-state index in [1.807, 2.05) is 13.8 Å². The minimum absolute atomic E-state index is 0.00804. The monoisotopic (exact) mass is 383 g/mol. The Morgan fingerprint density at radius 2 is 1.93 bits per heavy atom. The van der Waals surface area contributed by atoms with Crippen LogP contribution >= 0.6 is 0 Å². The lowest BCUT2D eigenvalue weighted by Gasteiger charge is -2.38. The van der Waals surface area contributed by atoms with Gasteiger partial charge in [0.15, 0.2) is 11.5 Å². The lowest BCUT2D eigenvalue weighted by Crippen LogP contribution is -2.67. The van der Waals surface area contributed by atoms with Crippen LogP contribution in [0.25, 0.3) is 0 Å². The molecule has 0 radical (unpaired) electrons. The number of nitrogens with zero attached hydrogens (tertiary/aromatic N) is 4. The minimum Gasteiger partial charge on any atom is -0.319 e. The van der Waals surface area contributed by atoms with Gasteiger partial charge >= 0.3 is 6.18 Å². The summed E-state index contributed by atoms with van der Waals surface area (Å²) in [5.41, 5.74) is 5.56. The molecule has 1 aromatic heterocycles. The van der Waals surface area contributed by atoms with Crippen LogP contribution in [-0.4, -0.2) is 33.5 Å². The van der Waals surface area contributed by atoms with Gasteiger partial charge in [0.05, 0.1) is 6.04 Å². The Balaban J connectivity index is 1.66. The Morgan fingerprint density at radius 3 is 2.48 bits per heavy atom. The number of aromatic nitrogens is 2. The van der Waals surface area contributed by atoms with Gasteiger partial charge in [-0.1, -0.05) is 6.92 Å². The molecule has 0 spiro atoms. The van der Waals surface area contributed by atoms with Gasteiger partial charge in [0.25, 0.3) is 0 Å². The van der Waals surface area contributed by atoms with E-state index in [-0.39, 0.29) is 17.9 Å². The third-order valence-electron chi connectivity index (χ3n) is 5.60. The first-order chi connectivity index (χ1) is 12.7. The molecule has 2 aliphatic carbocycles. The molecule has 148 valence electrons. The molecule has 0 bridgehead atoms. The lowest BCUT2D eigenvalue weighted by atomic mass is 9.97. The van der Waals surface area contributed by atoms with Crippen LogP contribution in [-0.2, 0) is 6.18 Å². The van der Waals surface area contributed by atoms with E-state index in [4.69, 9.17) is 5.73 Å². The van der Waals surface area contributed by atoms with E-state index in [9.17, 15) is 13.2 Å². The molecule has 1 aliphatic heterocycles. The number of guanidine groups is 1. The van der Waals surface area contributed by atoms with Gasteiger partial charge < -0.3 is 5.32 Å².